The van der Waals surface area contributed by atoms with Gasteiger partial charge in [0.1, 0.15) is 0 Å². The van der Waals surface area contributed by atoms with Crippen LogP contribution in [0, 0.1) is 0 Å². The number of hydrogen-bond donors (Lipinski definition) is 2. The van der Waals surface area contributed by atoms with E-state index in [4.69, 9.17) is 11.6 Å². The minimum Gasteiger partial charge on any atom is -0.394 e. The lowest BCUT2D eigenvalue weighted by Gasteiger charge is -2.23. The van der Waals surface area contributed by atoms with Gasteiger partial charge in [-0.05, 0) is 48.2 Å². The van der Waals surface area contributed by atoms with Gasteiger partial charge in [-0.1, -0.05) is 35.9 Å². The molecule has 3 rings (SSSR count). The Morgan fingerprint density at radius 3 is 2.48 bits per heavy atom. The molecule has 1 atom stereocenters. The minimum atomic E-state index is -0.00665. The fourth-order valence-electron chi connectivity index (χ4n) is 3.18. The zero-order valence-corrected chi connectivity index (χ0v) is 14.9. The maximum absolute atomic E-state index is 12.4. The van der Waals surface area contributed by atoms with E-state index in [1.54, 1.807) is 0 Å². The number of likely N-dealkylation sites (tertiary alicyclic amines) is 1. The number of anilines is 1. The van der Waals surface area contributed by atoms with E-state index in [0.29, 0.717) is 6.42 Å². The second-order valence-corrected chi connectivity index (χ2v) is 6.86. The number of amides is 1. The van der Waals surface area contributed by atoms with Crippen LogP contribution in [0.3, 0.4) is 0 Å². The van der Waals surface area contributed by atoms with E-state index < -0.39 is 0 Å². The Hall–Kier alpha value is -2.04. The summed E-state index contributed by atoms with van der Waals surface area (Å²) >= 11 is 5.89. The molecule has 0 aliphatic carbocycles. The summed E-state index contributed by atoms with van der Waals surface area (Å²) in [6.07, 6.45) is 2.26. The Kier molecular flexibility index (Phi) is 5.95. The molecule has 1 heterocycles. The monoisotopic (exact) mass is 358 g/mol. The molecular weight excluding hydrogens is 336 g/mol. The Balaban J connectivity index is 1.53. The highest BCUT2D eigenvalue weighted by atomic mass is 35.5. The summed E-state index contributed by atoms with van der Waals surface area (Å²) in [7, 11) is 0. The molecule has 1 amide bonds. The van der Waals surface area contributed by atoms with Crippen LogP contribution in [0.4, 0.5) is 5.69 Å². The molecular formula is C20H23ClN2O2. The molecule has 4 nitrogen and oxygen atoms in total. The highest BCUT2D eigenvalue weighted by molar-refractivity contribution is 6.30. The second kappa shape index (κ2) is 8.37. The Morgan fingerprint density at radius 1 is 1.12 bits per heavy atom. The number of benzene rings is 2. The molecule has 0 bridgehead atoms. The minimum absolute atomic E-state index is 0.00665. The smallest absolute Gasteiger partial charge is 0.227 e. The number of aliphatic hydroxyl groups is 1. The van der Waals surface area contributed by atoms with Crippen LogP contribution in [-0.2, 0) is 17.8 Å². The summed E-state index contributed by atoms with van der Waals surface area (Å²) in [6, 6.07) is 15.7. The maximum atomic E-state index is 12.4. The van der Waals surface area contributed by atoms with Crippen molar-refractivity contribution in [3.63, 3.8) is 0 Å². The molecule has 1 aliphatic rings. The topological polar surface area (TPSA) is 52.6 Å². The molecule has 2 aromatic rings. The molecule has 0 unspecified atom stereocenters. The summed E-state index contributed by atoms with van der Waals surface area (Å²) < 4.78 is 0. The fraction of sp³-hybridized carbons (Fsp3) is 0.350. The van der Waals surface area contributed by atoms with Gasteiger partial charge in [-0.2, -0.15) is 0 Å². The summed E-state index contributed by atoms with van der Waals surface area (Å²) in [4.78, 5) is 14.2. The van der Waals surface area contributed by atoms with Gasteiger partial charge in [0.25, 0.3) is 0 Å². The van der Waals surface area contributed by atoms with Crippen LogP contribution < -0.4 is 5.32 Å². The Morgan fingerprint density at radius 2 is 1.80 bits per heavy atom. The molecule has 1 saturated heterocycles. The van der Waals surface area contributed by atoms with E-state index in [1.807, 2.05) is 53.4 Å². The van der Waals surface area contributed by atoms with Crippen LogP contribution in [0.1, 0.15) is 24.0 Å². The van der Waals surface area contributed by atoms with Crippen molar-refractivity contribution in [3.05, 3.63) is 64.7 Å². The van der Waals surface area contributed by atoms with Crippen molar-refractivity contribution in [2.75, 3.05) is 18.5 Å². The number of hydrogen-bond acceptors (Lipinski definition) is 3. The molecule has 1 fully saturated rings. The molecule has 0 radical (unpaired) electrons. The maximum Gasteiger partial charge on any atom is 0.227 e. The van der Waals surface area contributed by atoms with Crippen LogP contribution in [0.25, 0.3) is 0 Å². The number of nitrogens with zero attached hydrogens (tertiary/aromatic N) is 1. The molecule has 5 heteroatoms. The van der Waals surface area contributed by atoms with Crippen LogP contribution >= 0.6 is 11.6 Å². The molecule has 1 aliphatic heterocycles. The summed E-state index contributed by atoms with van der Waals surface area (Å²) in [5.41, 5.74) is 3.17. The van der Waals surface area contributed by atoms with E-state index in [0.717, 1.165) is 47.8 Å². The molecule has 25 heavy (non-hydrogen) atoms. The van der Waals surface area contributed by atoms with Gasteiger partial charge in [0.2, 0.25) is 5.91 Å². The predicted octanol–water partition coefficient (Wildman–Crippen LogP) is 3.48. The average Bonchev–Trinajstić information content (AvgIpc) is 3.11. The first-order chi connectivity index (χ1) is 12.2. The van der Waals surface area contributed by atoms with Crippen molar-refractivity contribution in [1.82, 2.24) is 4.90 Å². The number of carbonyl (C=O) groups is 1. The Bertz CT molecular complexity index is 701. The van der Waals surface area contributed by atoms with E-state index in [9.17, 15) is 9.90 Å². The molecule has 0 spiro atoms. The quantitative estimate of drug-likeness (QED) is 0.831. The standard InChI is InChI=1S/C20H23ClN2O2/c21-17-7-3-16(4-8-17)13-22-18-9-5-15(6-10-18)12-20(25)23-11-1-2-19(23)14-24/h3-10,19,22,24H,1-2,11-14H2/t19-/m0/s1. The number of rotatable bonds is 6. The number of nitrogens with one attached hydrogen (secondary N) is 1. The van der Waals surface area contributed by atoms with Crippen LogP contribution in [0.5, 0.6) is 0 Å². The van der Waals surface area contributed by atoms with Gasteiger partial charge < -0.3 is 15.3 Å². The fourth-order valence-corrected chi connectivity index (χ4v) is 3.30. The van der Waals surface area contributed by atoms with Crippen molar-refractivity contribution < 1.29 is 9.90 Å². The normalized spacial score (nSPS) is 16.9. The van der Waals surface area contributed by atoms with Gasteiger partial charge in [-0.25, -0.2) is 0 Å². The van der Waals surface area contributed by atoms with Crippen molar-refractivity contribution in [2.45, 2.75) is 31.8 Å². The van der Waals surface area contributed by atoms with Crippen molar-refractivity contribution >= 4 is 23.2 Å². The summed E-state index contributed by atoms with van der Waals surface area (Å²) in [6.45, 7) is 1.53. The van der Waals surface area contributed by atoms with E-state index in [-0.39, 0.29) is 18.6 Å². The lowest BCUT2D eigenvalue weighted by molar-refractivity contribution is -0.131. The van der Waals surface area contributed by atoms with Crippen molar-refractivity contribution in [1.29, 1.82) is 0 Å². The Labute approximate surface area is 153 Å². The zero-order valence-electron chi connectivity index (χ0n) is 14.1. The van der Waals surface area contributed by atoms with Crippen LogP contribution in [-0.4, -0.2) is 35.1 Å². The summed E-state index contributed by atoms with van der Waals surface area (Å²) in [5.74, 6) is 0.0958. The molecule has 0 saturated carbocycles. The molecule has 2 aromatic carbocycles. The molecule has 2 N–H and O–H groups in total. The van der Waals surface area contributed by atoms with Crippen LogP contribution in [0.2, 0.25) is 5.02 Å². The third kappa shape index (κ3) is 4.74. The summed E-state index contributed by atoms with van der Waals surface area (Å²) in [5, 5.41) is 13.4. The van der Waals surface area contributed by atoms with E-state index in [1.165, 1.54) is 0 Å². The third-order valence-corrected chi connectivity index (χ3v) is 4.88. The third-order valence-electron chi connectivity index (χ3n) is 4.63. The van der Waals surface area contributed by atoms with Gasteiger partial charge in [0.05, 0.1) is 19.1 Å². The SMILES string of the molecule is O=C(Cc1ccc(NCc2ccc(Cl)cc2)cc1)N1CCC[C@H]1CO. The van der Waals surface area contributed by atoms with E-state index >= 15 is 0 Å². The number of halogens is 1. The predicted molar refractivity (Wildman–Crippen MR) is 101 cm³/mol. The average molecular weight is 359 g/mol. The van der Waals surface area contributed by atoms with Gasteiger partial charge >= 0.3 is 0 Å². The largest absolute Gasteiger partial charge is 0.394 e. The van der Waals surface area contributed by atoms with Crippen molar-refractivity contribution in [2.24, 2.45) is 0 Å². The second-order valence-electron chi connectivity index (χ2n) is 6.42. The van der Waals surface area contributed by atoms with Gasteiger partial charge in [0, 0.05) is 23.8 Å². The first kappa shape index (κ1) is 17.8. The highest BCUT2D eigenvalue weighted by Crippen LogP contribution is 2.19. The highest BCUT2D eigenvalue weighted by Gasteiger charge is 2.27. The lowest BCUT2D eigenvalue weighted by atomic mass is 10.1. The van der Waals surface area contributed by atoms with Gasteiger partial charge in [-0.3, -0.25) is 4.79 Å². The molecule has 0 aromatic heterocycles. The number of aliphatic hydroxyl groups excluding tert-OH is 1. The van der Waals surface area contributed by atoms with Gasteiger partial charge in [0.15, 0.2) is 0 Å². The van der Waals surface area contributed by atoms with Crippen LogP contribution in [0.15, 0.2) is 48.5 Å². The first-order valence-corrected chi connectivity index (χ1v) is 9.01. The molecule has 132 valence electrons. The first-order valence-electron chi connectivity index (χ1n) is 8.63. The number of carbonyl (C=O) groups excluding carboxylic acids is 1. The zero-order chi connectivity index (χ0) is 17.6. The van der Waals surface area contributed by atoms with Crippen molar-refractivity contribution in [3.8, 4) is 0 Å². The lowest BCUT2D eigenvalue weighted by Crippen LogP contribution is -2.38. The van der Waals surface area contributed by atoms with E-state index in [2.05, 4.69) is 5.32 Å². The van der Waals surface area contributed by atoms with Gasteiger partial charge in [-0.15, -0.1) is 0 Å².